The Labute approximate surface area is 146 Å². The van der Waals surface area contributed by atoms with Crippen LogP contribution in [0.25, 0.3) is 0 Å². The first kappa shape index (κ1) is 17.0. The number of hydrazine groups is 1. The van der Waals surface area contributed by atoms with Crippen LogP contribution >= 0.6 is 43.5 Å². The first-order valence-electron chi connectivity index (χ1n) is 6.59. The van der Waals surface area contributed by atoms with Crippen LogP contribution in [0.5, 0.6) is 0 Å². The minimum absolute atomic E-state index is 0.0352. The van der Waals surface area contributed by atoms with E-state index >= 15 is 0 Å². The zero-order valence-electron chi connectivity index (χ0n) is 11.8. The average Bonchev–Trinajstić information content (AvgIpc) is 2.74. The number of aryl methyl sites for hydroxylation is 2. The monoisotopic (exact) mass is 434 g/mol. The van der Waals surface area contributed by atoms with Crippen LogP contribution in [-0.4, -0.2) is 9.78 Å². The Balaban J connectivity index is 2.31. The Bertz CT molecular complexity index is 642. The van der Waals surface area contributed by atoms with E-state index in [-0.39, 0.29) is 6.04 Å². The van der Waals surface area contributed by atoms with E-state index < -0.39 is 0 Å². The van der Waals surface area contributed by atoms with E-state index in [4.69, 9.17) is 17.4 Å². The number of halogens is 3. The number of nitrogens with zero attached hydrogens (tertiary/aromatic N) is 2. The lowest BCUT2D eigenvalue weighted by Crippen LogP contribution is -2.30. The van der Waals surface area contributed by atoms with Gasteiger partial charge in [-0.25, -0.2) is 0 Å². The van der Waals surface area contributed by atoms with Gasteiger partial charge in [0, 0.05) is 17.9 Å². The summed E-state index contributed by atoms with van der Waals surface area (Å²) in [7, 11) is 1.95. The van der Waals surface area contributed by atoms with Gasteiger partial charge in [0.25, 0.3) is 0 Å². The lowest BCUT2D eigenvalue weighted by molar-refractivity contribution is 0.529. The predicted molar refractivity (Wildman–Crippen MR) is 93.2 cm³/mol. The van der Waals surface area contributed by atoms with Crippen LogP contribution in [0.1, 0.15) is 29.9 Å². The van der Waals surface area contributed by atoms with Gasteiger partial charge >= 0.3 is 0 Å². The second-order valence-corrected chi connectivity index (χ2v) is 6.84. The average molecular weight is 437 g/mol. The van der Waals surface area contributed by atoms with Crippen LogP contribution in [0.4, 0.5) is 0 Å². The largest absolute Gasteiger partial charge is 0.271 e. The molecular formula is C14H17Br2ClN4. The summed E-state index contributed by atoms with van der Waals surface area (Å²) in [5.41, 5.74) is 6.06. The maximum atomic E-state index is 6.16. The Morgan fingerprint density at radius 3 is 2.67 bits per heavy atom. The third-order valence-electron chi connectivity index (χ3n) is 3.45. The van der Waals surface area contributed by atoms with Crippen molar-refractivity contribution in [3.8, 4) is 0 Å². The molecule has 7 heteroatoms. The summed E-state index contributed by atoms with van der Waals surface area (Å²) in [6, 6.07) is 5.82. The quantitative estimate of drug-likeness (QED) is 0.552. The predicted octanol–water partition coefficient (Wildman–Crippen LogP) is 3.91. The molecule has 0 saturated carbocycles. The van der Waals surface area contributed by atoms with Crippen molar-refractivity contribution < 1.29 is 0 Å². The molecule has 1 aromatic heterocycles. The molecule has 4 nitrogen and oxygen atoms in total. The van der Waals surface area contributed by atoms with E-state index in [2.05, 4.69) is 49.3 Å². The molecule has 0 aliphatic heterocycles. The zero-order valence-corrected chi connectivity index (χ0v) is 15.8. The van der Waals surface area contributed by atoms with E-state index in [1.54, 1.807) is 0 Å². The third-order valence-corrected chi connectivity index (χ3v) is 5.60. The van der Waals surface area contributed by atoms with Gasteiger partial charge in [0.15, 0.2) is 0 Å². The van der Waals surface area contributed by atoms with E-state index in [1.165, 1.54) is 0 Å². The minimum Gasteiger partial charge on any atom is -0.271 e. The fourth-order valence-corrected chi connectivity index (χ4v) is 3.45. The molecule has 0 amide bonds. The zero-order chi connectivity index (χ0) is 15.6. The first-order chi connectivity index (χ1) is 9.97. The molecule has 1 atom stereocenters. The number of aromatic nitrogens is 2. The normalized spacial score (nSPS) is 12.7. The van der Waals surface area contributed by atoms with Gasteiger partial charge in [0.05, 0.1) is 26.9 Å². The van der Waals surface area contributed by atoms with Gasteiger partial charge in [0.1, 0.15) is 0 Å². The summed E-state index contributed by atoms with van der Waals surface area (Å²) in [5, 5.41) is 5.18. The van der Waals surface area contributed by atoms with Crippen molar-refractivity contribution in [2.75, 3.05) is 0 Å². The molecule has 21 heavy (non-hydrogen) atoms. The third kappa shape index (κ3) is 3.68. The fourth-order valence-electron chi connectivity index (χ4n) is 2.24. The molecule has 0 saturated heterocycles. The molecular weight excluding hydrogens is 419 g/mol. The van der Waals surface area contributed by atoms with E-state index in [0.717, 1.165) is 38.7 Å². The second kappa shape index (κ2) is 7.24. The maximum Gasteiger partial charge on any atom is 0.0766 e. The summed E-state index contributed by atoms with van der Waals surface area (Å²) in [5.74, 6) is 5.73. The lowest BCUT2D eigenvalue weighted by atomic mass is 10.0. The number of hydrogen-bond donors (Lipinski definition) is 2. The summed E-state index contributed by atoms with van der Waals surface area (Å²) in [6.07, 6.45) is 1.61. The SMILES string of the molecule is CCc1nn(C)c(CC(NN)c2ccc(Br)c(Cl)c2)c1Br. The topological polar surface area (TPSA) is 55.9 Å². The highest BCUT2D eigenvalue weighted by atomic mass is 79.9. The Hall–Kier alpha value is -0.400. The van der Waals surface area contributed by atoms with Crippen LogP contribution < -0.4 is 11.3 Å². The summed E-state index contributed by atoms with van der Waals surface area (Å²) >= 11 is 13.2. The first-order valence-corrected chi connectivity index (χ1v) is 8.55. The van der Waals surface area contributed by atoms with Crippen LogP contribution in [0.2, 0.25) is 5.02 Å². The van der Waals surface area contributed by atoms with Gasteiger partial charge in [0.2, 0.25) is 0 Å². The highest BCUT2D eigenvalue weighted by molar-refractivity contribution is 9.10. The number of rotatable bonds is 5. The molecule has 114 valence electrons. The van der Waals surface area contributed by atoms with Crippen LogP contribution in [-0.2, 0) is 19.9 Å². The Morgan fingerprint density at radius 2 is 2.14 bits per heavy atom. The van der Waals surface area contributed by atoms with Crippen LogP contribution in [0, 0.1) is 0 Å². The van der Waals surface area contributed by atoms with Gasteiger partial charge in [-0.3, -0.25) is 16.0 Å². The molecule has 3 N–H and O–H groups in total. The highest BCUT2D eigenvalue weighted by Gasteiger charge is 2.18. The second-order valence-electron chi connectivity index (χ2n) is 4.78. The molecule has 1 unspecified atom stereocenters. The van der Waals surface area contributed by atoms with Gasteiger partial charge in [-0.15, -0.1) is 0 Å². The van der Waals surface area contributed by atoms with Crippen molar-refractivity contribution in [2.45, 2.75) is 25.8 Å². The smallest absolute Gasteiger partial charge is 0.0766 e. The van der Waals surface area contributed by atoms with Crippen molar-refractivity contribution in [1.82, 2.24) is 15.2 Å². The lowest BCUT2D eigenvalue weighted by Gasteiger charge is -2.17. The van der Waals surface area contributed by atoms with E-state index in [1.807, 2.05) is 29.9 Å². The van der Waals surface area contributed by atoms with Crippen LogP contribution in [0.3, 0.4) is 0 Å². The van der Waals surface area contributed by atoms with Crippen molar-refractivity contribution in [2.24, 2.45) is 12.9 Å². The summed E-state index contributed by atoms with van der Waals surface area (Å²) in [6.45, 7) is 2.09. The number of benzene rings is 1. The molecule has 0 aliphatic rings. The molecule has 0 bridgehead atoms. The molecule has 2 aromatic rings. The van der Waals surface area contributed by atoms with Crippen molar-refractivity contribution in [1.29, 1.82) is 0 Å². The molecule has 0 radical (unpaired) electrons. The Kier molecular flexibility index (Phi) is 5.85. The molecule has 0 fully saturated rings. The van der Waals surface area contributed by atoms with Crippen molar-refractivity contribution in [3.05, 3.63) is 49.1 Å². The molecule has 0 aliphatic carbocycles. The van der Waals surface area contributed by atoms with Gasteiger partial charge in [-0.2, -0.15) is 5.10 Å². The van der Waals surface area contributed by atoms with Gasteiger partial charge in [-0.05, 0) is 56.0 Å². The standard InChI is InChI=1S/C14H17Br2ClN4/c1-3-11-14(16)13(21(2)20-11)7-12(19-18)8-4-5-9(15)10(17)6-8/h4-6,12,19H,3,7,18H2,1-2H3. The number of nitrogens with two attached hydrogens (primary N) is 1. The van der Waals surface area contributed by atoms with E-state index in [0.29, 0.717) is 5.02 Å². The number of nitrogens with one attached hydrogen (secondary N) is 1. The van der Waals surface area contributed by atoms with E-state index in [9.17, 15) is 0 Å². The molecule has 1 heterocycles. The van der Waals surface area contributed by atoms with Gasteiger partial charge < -0.3 is 0 Å². The molecule has 0 spiro atoms. The molecule has 2 rings (SSSR count). The summed E-state index contributed by atoms with van der Waals surface area (Å²) in [4.78, 5) is 0. The van der Waals surface area contributed by atoms with Crippen molar-refractivity contribution >= 4 is 43.5 Å². The maximum absolute atomic E-state index is 6.16. The Morgan fingerprint density at radius 1 is 1.43 bits per heavy atom. The highest BCUT2D eigenvalue weighted by Crippen LogP contribution is 2.30. The van der Waals surface area contributed by atoms with Gasteiger partial charge in [-0.1, -0.05) is 24.6 Å². The summed E-state index contributed by atoms with van der Waals surface area (Å²) < 4.78 is 3.82. The number of hydrogen-bond acceptors (Lipinski definition) is 3. The van der Waals surface area contributed by atoms with Crippen molar-refractivity contribution in [3.63, 3.8) is 0 Å². The van der Waals surface area contributed by atoms with Crippen LogP contribution in [0.15, 0.2) is 27.1 Å². The molecule has 1 aromatic carbocycles. The fraction of sp³-hybridized carbons (Fsp3) is 0.357. The minimum atomic E-state index is -0.0352.